The molecule has 1 aromatic carbocycles. The van der Waals surface area contributed by atoms with Gasteiger partial charge in [0.25, 0.3) is 5.91 Å². The van der Waals surface area contributed by atoms with E-state index in [0.717, 1.165) is 28.1 Å². The number of benzene rings is 1. The van der Waals surface area contributed by atoms with Crippen LogP contribution in [-0.4, -0.2) is 31.6 Å². The van der Waals surface area contributed by atoms with Crippen molar-refractivity contribution in [3.8, 4) is 22.4 Å². The van der Waals surface area contributed by atoms with Gasteiger partial charge in [0.2, 0.25) is 0 Å². The molecule has 4 heterocycles. The van der Waals surface area contributed by atoms with Crippen molar-refractivity contribution in [2.24, 2.45) is 0 Å². The molecule has 30 heavy (non-hydrogen) atoms. The van der Waals surface area contributed by atoms with Gasteiger partial charge in [0.1, 0.15) is 5.69 Å². The summed E-state index contributed by atoms with van der Waals surface area (Å²) in [5, 5.41) is 8.20. The van der Waals surface area contributed by atoms with Crippen LogP contribution in [0, 0.1) is 0 Å². The second-order valence-corrected chi connectivity index (χ2v) is 8.40. The van der Waals surface area contributed by atoms with E-state index >= 15 is 0 Å². The lowest BCUT2D eigenvalue weighted by Crippen LogP contribution is -2.45. The van der Waals surface area contributed by atoms with E-state index in [9.17, 15) is 9.18 Å². The Balaban J connectivity index is 1.70. The predicted octanol–water partition coefficient (Wildman–Crippen LogP) is 5.04. The maximum Gasteiger partial charge on any atom is 0.282 e. The van der Waals surface area contributed by atoms with Crippen LogP contribution in [-0.2, 0) is 17.9 Å². The normalized spacial score (nSPS) is 15.9. The quantitative estimate of drug-likeness (QED) is 0.438. The highest BCUT2D eigenvalue weighted by Crippen LogP contribution is 2.38. The number of carbonyl (C=O) groups excluding carboxylic acids is 1. The lowest BCUT2D eigenvalue weighted by molar-refractivity contribution is -0.132. The summed E-state index contributed by atoms with van der Waals surface area (Å²) in [6, 6.07) is 12.1. The Morgan fingerprint density at radius 1 is 1.20 bits per heavy atom. The molecule has 0 N–H and O–H groups in total. The molecule has 5 nitrogen and oxygen atoms in total. The second kappa shape index (κ2) is 7.18. The zero-order valence-electron chi connectivity index (χ0n) is 16.4. The number of hydrogen-bond acceptors (Lipinski definition) is 4. The average Bonchev–Trinajstić information content (AvgIpc) is 3.36. The summed E-state index contributed by atoms with van der Waals surface area (Å²) in [5.41, 5.74) is 4.66. The third kappa shape index (κ3) is 3.02. The van der Waals surface area contributed by atoms with Crippen molar-refractivity contribution in [2.45, 2.75) is 26.1 Å². The van der Waals surface area contributed by atoms with E-state index in [0.29, 0.717) is 6.54 Å². The van der Waals surface area contributed by atoms with Crippen LogP contribution in [0.3, 0.4) is 0 Å². The number of nitrogens with zero attached hydrogens (tertiary/aromatic N) is 4. The first-order valence-electron chi connectivity index (χ1n) is 9.66. The SMILES string of the molecule is C=C(F)C(=O)N1Cc2c(-c3ccncc3)c(-c3ccc4ccsc4c3)nn2C[C@H]1C. The molecular weight excluding hydrogens is 399 g/mol. The van der Waals surface area contributed by atoms with Crippen molar-refractivity contribution in [3.05, 3.63) is 72.3 Å². The Morgan fingerprint density at radius 2 is 2.00 bits per heavy atom. The standard InChI is InChI=1S/C23H19FN4OS/c1-14-12-28-19(13-27(14)23(29)15(2)24)21(17-5-8-25-9-6-17)22(26-28)18-4-3-16-7-10-30-20(16)11-18/h3-11,14H,2,12-13H2,1H3/t14-/m1/s1. The Kier molecular flexibility index (Phi) is 4.47. The minimum absolute atomic E-state index is 0.185. The number of amides is 1. The summed E-state index contributed by atoms with van der Waals surface area (Å²) in [6.07, 6.45) is 3.48. The first-order chi connectivity index (χ1) is 14.5. The molecule has 3 aromatic heterocycles. The van der Waals surface area contributed by atoms with E-state index in [1.165, 1.54) is 15.0 Å². The molecule has 0 spiro atoms. The van der Waals surface area contributed by atoms with E-state index in [1.807, 2.05) is 23.7 Å². The van der Waals surface area contributed by atoms with Crippen LogP contribution in [0.2, 0.25) is 0 Å². The lowest BCUT2D eigenvalue weighted by Gasteiger charge is -2.34. The van der Waals surface area contributed by atoms with Crippen molar-refractivity contribution in [1.29, 1.82) is 0 Å². The van der Waals surface area contributed by atoms with Crippen molar-refractivity contribution in [3.63, 3.8) is 0 Å². The average molecular weight is 418 g/mol. The van der Waals surface area contributed by atoms with E-state index in [1.54, 1.807) is 23.7 Å². The Labute approximate surface area is 177 Å². The Bertz CT molecular complexity index is 1280. The number of halogens is 1. The highest BCUT2D eigenvalue weighted by molar-refractivity contribution is 7.17. The van der Waals surface area contributed by atoms with Gasteiger partial charge in [-0.25, -0.2) is 4.39 Å². The molecule has 1 aliphatic rings. The zero-order chi connectivity index (χ0) is 20.8. The molecule has 0 saturated heterocycles. The lowest BCUT2D eigenvalue weighted by atomic mass is 9.98. The first kappa shape index (κ1) is 18.7. The molecule has 1 amide bonds. The number of aromatic nitrogens is 3. The zero-order valence-corrected chi connectivity index (χ0v) is 17.2. The summed E-state index contributed by atoms with van der Waals surface area (Å²) < 4.78 is 16.8. The molecule has 1 aliphatic heterocycles. The molecule has 7 heteroatoms. The van der Waals surface area contributed by atoms with Gasteiger partial charge in [-0.3, -0.25) is 14.5 Å². The molecule has 0 saturated carbocycles. The van der Waals surface area contributed by atoms with Gasteiger partial charge in [0.15, 0.2) is 5.83 Å². The molecule has 1 atom stereocenters. The van der Waals surface area contributed by atoms with Gasteiger partial charge in [0.05, 0.1) is 18.8 Å². The van der Waals surface area contributed by atoms with Crippen molar-refractivity contribution in [2.75, 3.05) is 0 Å². The van der Waals surface area contributed by atoms with Crippen LogP contribution in [0.4, 0.5) is 4.39 Å². The molecule has 4 aromatic rings. The highest BCUT2D eigenvalue weighted by atomic mass is 32.1. The highest BCUT2D eigenvalue weighted by Gasteiger charge is 2.33. The minimum atomic E-state index is -0.941. The minimum Gasteiger partial charge on any atom is -0.326 e. The third-order valence-corrected chi connectivity index (χ3v) is 6.42. The summed E-state index contributed by atoms with van der Waals surface area (Å²) in [7, 11) is 0. The summed E-state index contributed by atoms with van der Waals surface area (Å²) in [6.45, 7) is 5.85. The predicted molar refractivity (Wildman–Crippen MR) is 117 cm³/mol. The molecule has 5 rings (SSSR count). The summed E-state index contributed by atoms with van der Waals surface area (Å²) >= 11 is 1.69. The van der Waals surface area contributed by atoms with E-state index in [2.05, 4.69) is 41.2 Å². The maximum atomic E-state index is 13.6. The number of hydrogen-bond donors (Lipinski definition) is 0. The molecule has 150 valence electrons. The van der Waals surface area contributed by atoms with Gasteiger partial charge in [0, 0.05) is 34.3 Å². The summed E-state index contributed by atoms with van der Waals surface area (Å²) in [5.74, 6) is -1.61. The van der Waals surface area contributed by atoms with Gasteiger partial charge < -0.3 is 4.90 Å². The molecule has 0 unspecified atom stereocenters. The van der Waals surface area contributed by atoms with E-state index in [4.69, 9.17) is 5.10 Å². The van der Waals surface area contributed by atoms with Gasteiger partial charge in [-0.1, -0.05) is 18.7 Å². The van der Waals surface area contributed by atoms with Gasteiger partial charge in [-0.2, -0.15) is 5.10 Å². The van der Waals surface area contributed by atoms with Crippen LogP contribution in [0.25, 0.3) is 32.5 Å². The van der Waals surface area contributed by atoms with Gasteiger partial charge in [-0.05, 0) is 47.5 Å². The Morgan fingerprint density at radius 3 is 2.77 bits per heavy atom. The smallest absolute Gasteiger partial charge is 0.282 e. The largest absolute Gasteiger partial charge is 0.326 e. The van der Waals surface area contributed by atoms with E-state index in [-0.39, 0.29) is 12.6 Å². The monoisotopic (exact) mass is 418 g/mol. The van der Waals surface area contributed by atoms with Crippen LogP contribution in [0.15, 0.2) is 66.6 Å². The number of fused-ring (bicyclic) bond motifs is 2. The van der Waals surface area contributed by atoms with Gasteiger partial charge >= 0.3 is 0 Å². The molecule has 0 fully saturated rings. The number of carbonyl (C=O) groups is 1. The number of rotatable bonds is 3. The maximum absolute atomic E-state index is 13.6. The summed E-state index contributed by atoms with van der Waals surface area (Å²) in [4.78, 5) is 18.0. The second-order valence-electron chi connectivity index (χ2n) is 7.45. The fraction of sp³-hybridized carbons (Fsp3) is 0.174. The van der Waals surface area contributed by atoms with Crippen LogP contribution >= 0.6 is 11.3 Å². The fourth-order valence-electron chi connectivity index (χ4n) is 4.03. The van der Waals surface area contributed by atoms with Crippen LogP contribution in [0.5, 0.6) is 0 Å². The van der Waals surface area contributed by atoms with Gasteiger partial charge in [-0.15, -0.1) is 11.3 Å². The molecule has 0 aliphatic carbocycles. The fourth-order valence-corrected chi connectivity index (χ4v) is 4.86. The molecule has 0 bridgehead atoms. The van der Waals surface area contributed by atoms with Crippen LogP contribution < -0.4 is 0 Å². The van der Waals surface area contributed by atoms with Crippen molar-refractivity contribution < 1.29 is 9.18 Å². The molecule has 0 radical (unpaired) electrons. The number of thiophene rings is 1. The first-order valence-corrected chi connectivity index (χ1v) is 10.5. The van der Waals surface area contributed by atoms with E-state index < -0.39 is 11.7 Å². The Hall–Kier alpha value is -3.32. The number of pyridine rings is 1. The van der Waals surface area contributed by atoms with Crippen molar-refractivity contribution in [1.82, 2.24) is 19.7 Å². The third-order valence-electron chi connectivity index (χ3n) is 5.54. The van der Waals surface area contributed by atoms with Crippen molar-refractivity contribution >= 4 is 27.3 Å². The molecular formula is C23H19FN4OS. The van der Waals surface area contributed by atoms with Crippen LogP contribution in [0.1, 0.15) is 12.6 Å². The topological polar surface area (TPSA) is 51.0 Å².